The van der Waals surface area contributed by atoms with Crippen LogP contribution in [0.2, 0.25) is 0 Å². The van der Waals surface area contributed by atoms with Crippen molar-refractivity contribution >= 4 is 19.0 Å². The summed E-state index contributed by atoms with van der Waals surface area (Å²) in [6, 6.07) is 0. The van der Waals surface area contributed by atoms with Crippen LogP contribution in [0.4, 0.5) is 0 Å². The predicted molar refractivity (Wildman–Crippen MR) is 59.7 cm³/mol. The van der Waals surface area contributed by atoms with E-state index in [1.54, 1.807) is 0 Å². The van der Waals surface area contributed by atoms with Gasteiger partial charge in [-0.1, -0.05) is 27.7 Å². The first-order valence-corrected chi connectivity index (χ1v) is 11.1. The van der Waals surface area contributed by atoms with Crippen molar-refractivity contribution in [3.8, 4) is 0 Å². The summed E-state index contributed by atoms with van der Waals surface area (Å²) in [5.41, 5.74) is 0. The summed E-state index contributed by atoms with van der Waals surface area (Å²) >= 11 is 0. The van der Waals surface area contributed by atoms with Crippen LogP contribution in [0.3, 0.4) is 0 Å². The zero-order valence-electron chi connectivity index (χ0n) is 8.72. The van der Waals surface area contributed by atoms with Crippen LogP contribution in [-0.4, -0.2) is 36.6 Å². The van der Waals surface area contributed by atoms with Crippen LogP contribution in [0, 0.1) is 11.8 Å². The molecule has 0 atom stereocenters. The second-order valence-corrected chi connectivity index (χ2v) is 7.56. The van der Waals surface area contributed by atoms with Gasteiger partial charge in [0.15, 0.2) is 0 Å². The summed E-state index contributed by atoms with van der Waals surface area (Å²) < 4.78 is 2.72. The molecule has 0 saturated carbocycles. The Hall–Kier alpha value is 0.394. The van der Waals surface area contributed by atoms with E-state index in [0.29, 0.717) is 0 Å². The molecule has 0 aliphatic carbocycles. The SMILES string of the molecule is CC(C)CN(CC(C)C)[SiH2][SiH3]. The topological polar surface area (TPSA) is 3.24 Å². The molecule has 0 saturated heterocycles. The van der Waals surface area contributed by atoms with Gasteiger partial charge in [0.25, 0.3) is 0 Å². The smallest absolute Gasteiger partial charge is 0.0756 e. The summed E-state index contributed by atoms with van der Waals surface area (Å²) in [6.45, 7) is 12.0. The third kappa shape index (κ3) is 6.78. The van der Waals surface area contributed by atoms with Gasteiger partial charge in [-0.15, -0.1) is 0 Å². The largest absolute Gasteiger partial charge is 0.332 e. The van der Waals surface area contributed by atoms with Crippen LogP contribution in [-0.2, 0) is 0 Å². The molecule has 0 aliphatic rings. The molecule has 0 spiro atoms. The Morgan fingerprint density at radius 2 is 1.45 bits per heavy atom. The van der Waals surface area contributed by atoms with Crippen molar-refractivity contribution < 1.29 is 0 Å². The van der Waals surface area contributed by atoms with Crippen molar-refractivity contribution in [3.05, 3.63) is 0 Å². The first kappa shape index (κ1) is 11.4. The molecule has 0 fully saturated rings. The lowest BCUT2D eigenvalue weighted by Crippen LogP contribution is -2.34. The van der Waals surface area contributed by atoms with E-state index in [4.69, 9.17) is 0 Å². The van der Waals surface area contributed by atoms with E-state index in [-0.39, 0.29) is 9.20 Å². The molecule has 0 N–H and O–H groups in total. The van der Waals surface area contributed by atoms with E-state index in [9.17, 15) is 0 Å². The van der Waals surface area contributed by atoms with E-state index >= 15 is 0 Å². The van der Waals surface area contributed by atoms with Crippen LogP contribution in [0.25, 0.3) is 0 Å². The molecule has 0 heterocycles. The first-order valence-electron chi connectivity index (χ1n) is 4.78. The third-order valence-electron chi connectivity index (χ3n) is 1.69. The average Bonchev–Trinajstić information content (AvgIpc) is 1.84. The highest BCUT2D eigenvalue weighted by molar-refractivity contribution is 6.87. The lowest BCUT2D eigenvalue weighted by molar-refractivity contribution is 0.350. The average molecular weight is 189 g/mol. The zero-order chi connectivity index (χ0) is 8.85. The molecule has 0 unspecified atom stereocenters. The van der Waals surface area contributed by atoms with Crippen LogP contribution in [0.5, 0.6) is 0 Å². The fraction of sp³-hybridized carbons (Fsp3) is 1.00. The van der Waals surface area contributed by atoms with Crippen molar-refractivity contribution in [3.63, 3.8) is 0 Å². The van der Waals surface area contributed by atoms with Gasteiger partial charge < -0.3 is 4.57 Å². The van der Waals surface area contributed by atoms with E-state index in [1.807, 2.05) is 0 Å². The van der Waals surface area contributed by atoms with Crippen molar-refractivity contribution in [2.75, 3.05) is 13.1 Å². The van der Waals surface area contributed by atoms with Crippen molar-refractivity contribution in [2.45, 2.75) is 27.7 Å². The lowest BCUT2D eigenvalue weighted by atomic mass is 10.2. The monoisotopic (exact) mass is 189 g/mol. The van der Waals surface area contributed by atoms with Crippen LogP contribution >= 0.6 is 0 Å². The quantitative estimate of drug-likeness (QED) is 0.549. The summed E-state index contributed by atoms with van der Waals surface area (Å²) in [7, 11) is 1.66. The fourth-order valence-electron chi connectivity index (χ4n) is 1.37. The molecule has 68 valence electrons. The van der Waals surface area contributed by atoms with Gasteiger partial charge in [-0.05, 0) is 24.9 Å². The van der Waals surface area contributed by atoms with Crippen molar-refractivity contribution in [2.24, 2.45) is 11.8 Å². The molecule has 0 aromatic rings. The van der Waals surface area contributed by atoms with Crippen molar-refractivity contribution in [1.82, 2.24) is 4.57 Å². The number of nitrogens with zero attached hydrogens (tertiary/aromatic N) is 1. The molecule has 0 amide bonds. The first-order chi connectivity index (χ1) is 5.06. The second kappa shape index (κ2) is 5.97. The molecule has 0 aromatic heterocycles. The Morgan fingerprint density at radius 1 is 1.09 bits per heavy atom. The molecule has 0 rings (SSSR count). The van der Waals surface area contributed by atoms with E-state index in [0.717, 1.165) is 11.8 Å². The molecule has 11 heavy (non-hydrogen) atoms. The zero-order valence-corrected chi connectivity index (χ0v) is 12.1. The van der Waals surface area contributed by atoms with E-state index in [1.165, 1.54) is 22.8 Å². The number of hydrogen-bond acceptors (Lipinski definition) is 1. The normalized spacial score (nSPS) is 13.4. The highest BCUT2D eigenvalue weighted by Crippen LogP contribution is 2.00. The van der Waals surface area contributed by atoms with Gasteiger partial charge in [-0.25, -0.2) is 0 Å². The molecule has 1 nitrogen and oxygen atoms in total. The lowest BCUT2D eigenvalue weighted by Gasteiger charge is -2.24. The highest BCUT2D eigenvalue weighted by atomic mass is 29.1. The minimum Gasteiger partial charge on any atom is -0.332 e. The maximum atomic E-state index is 2.72. The summed E-state index contributed by atoms with van der Waals surface area (Å²) in [5.74, 6) is 1.71. The van der Waals surface area contributed by atoms with E-state index in [2.05, 4.69) is 32.3 Å². The molecule has 0 aliphatic heterocycles. The van der Waals surface area contributed by atoms with Gasteiger partial charge in [0.2, 0.25) is 0 Å². The number of hydrogen-bond donors (Lipinski definition) is 0. The van der Waals surface area contributed by atoms with Gasteiger partial charge in [-0.2, -0.15) is 0 Å². The Balaban J connectivity index is 3.58. The molecule has 3 heteroatoms. The predicted octanol–water partition coefficient (Wildman–Crippen LogP) is -0.0354. The van der Waals surface area contributed by atoms with Crippen LogP contribution in [0.1, 0.15) is 27.7 Å². The molecular weight excluding hydrogens is 166 g/mol. The molecule has 0 radical (unpaired) electrons. The van der Waals surface area contributed by atoms with Gasteiger partial charge >= 0.3 is 0 Å². The molecule has 0 bridgehead atoms. The number of rotatable bonds is 5. The van der Waals surface area contributed by atoms with Crippen LogP contribution < -0.4 is 0 Å². The summed E-state index contributed by atoms with van der Waals surface area (Å²) in [5, 5.41) is 0. The highest BCUT2D eigenvalue weighted by Gasteiger charge is 2.05. The second-order valence-electron chi connectivity index (χ2n) is 4.14. The van der Waals surface area contributed by atoms with Crippen molar-refractivity contribution in [1.29, 1.82) is 0 Å². The fourth-order valence-corrected chi connectivity index (χ4v) is 4.46. The van der Waals surface area contributed by atoms with Crippen LogP contribution in [0.15, 0.2) is 0 Å². The molecular formula is C8H23NSi2. The minimum atomic E-state index is 0.215. The standard InChI is InChI=1S/C8H23NSi2/c1-7(2)5-9(11-10)6-8(3)4/h7-8H,5-6,11H2,1-4,10H3. The maximum absolute atomic E-state index is 2.72. The van der Waals surface area contributed by atoms with E-state index < -0.39 is 0 Å². The Bertz CT molecular complexity index is 84.1. The molecule has 0 aromatic carbocycles. The Labute approximate surface area is 76.7 Å². The summed E-state index contributed by atoms with van der Waals surface area (Å²) in [6.07, 6.45) is 0. The summed E-state index contributed by atoms with van der Waals surface area (Å²) in [4.78, 5) is 0. The Morgan fingerprint density at radius 3 is 1.64 bits per heavy atom. The van der Waals surface area contributed by atoms with Gasteiger partial charge in [0.1, 0.15) is 0 Å². The third-order valence-corrected chi connectivity index (χ3v) is 5.79. The van der Waals surface area contributed by atoms with Gasteiger partial charge in [0.05, 0.1) is 9.20 Å². The van der Waals surface area contributed by atoms with Gasteiger partial charge in [0, 0.05) is 9.76 Å². The maximum Gasteiger partial charge on any atom is 0.0756 e. The minimum absolute atomic E-state index is 0.215. The Kier molecular flexibility index (Phi) is 6.18. The van der Waals surface area contributed by atoms with Gasteiger partial charge in [-0.3, -0.25) is 0 Å².